The fourth-order valence-electron chi connectivity index (χ4n) is 5.66. The van der Waals surface area contributed by atoms with E-state index in [1.807, 2.05) is 30.7 Å². The first kappa shape index (κ1) is 23.7. The van der Waals surface area contributed by atoms with E-state index < -0.39 is 0 Å². The number of aromatic amines is 2. The Bertz CT molecular complexity index is 1760. The fourth-order valence-corrected chi connectivity index (χ4v) is 5.66. The van der Waals surface area contributed by atoms with Gasteiger partial charge in [-0.15, -0.1) is 0 Å². The van der Waals surface area contributed by atoms with E-state index in [1.165, 1.54) is 37.8 Å². The number of nitrogens with one attached hydrogen (secondary N) is 3. The molecule has 5 aromatic heterocycles. The van der Waals surface area contributed by atoms with Crippen molar-refractivity contribution in [3.05, 3.63) is 84.7 Å². The summed E-state index contributed by atoms with van der Waals surface area (Å²) < 4.78 is 13.5. The molecule has 1 aromatic carbocycles. The van der Waals surface area contributed by atoms with E-state index in [0.29, 0.717) is 5.65 Å². The van der Waals surface area contributed by atoms with Crippen molar-refractivity contribution in [1.29, 1.82) is 0 Å². The highest BCUT2D eigenvalue weighted by atomic mass is 19.1. The van der Waals surface area contributed by atoms with Gasteiger partial charge in [0.25, 0.3) is 0 Å². The van der Waals surface area contributed by atoms with Gasteiger partial charge in [0.15, 0.2) is 5.65 Å². The van der Waals surface area contributed by atoms with E-state index in [4.69, 9.17) is 0 Å². The van der Waals surface area contributed by atoms with E-state index in [9.17, 15) is 4.39 Å². The summed E-state index contributed by atoms with van der Waals surface area (Å²) in [6.45, 7) is 1.88. The van der Waals surface area contributed by atoms with Gasteiger partial charge in [0.1, 0.15) is 11.5 Å². The van der Waals surface area contributed by atoms with Gasteiger partial charge in [0.2, 0.25) is 0 Å². The molecule has 0 radical (unpaired) electrons. The maximum absolute atomic E-state index is 13.5. The third kappa shape index (κ3) is 4.68. The van der Waals surface area contributed by atoms with Crippen LogP contribution in [-0.4, -0.2) is 36.7 Å². The Morgan fingerprint density at radius 3 is 2.56 bits per heavy atom. The Hall–Kier alpha value is -4.43. The van der Waals surface area contributed by atoms with Crippen LogP contribution in [0.2, 0.25) is 0 Å². The number of H-pyrrole nitrogens is 2. The maximum Gasteiger partial charge on any atom is 0.155 e. The molecular formula is C31H28FN7. The van der Waals surface area contributed by atoms with Crippen LogP contribution in [0.5, 0.6) is 0 Å². The lowest BCUT2D eigenvalue weighted by atomic mass is 10.0. The summed E-state index contributed by atoms with van der Waals surface area (Å²) in [6, 6.07) is 14.7. The van der Waals surface area contributed by atoms with Crippen molar-refractivity contribution in [2.45, 2.75) is 32.2 Å². The van der Waals surface area contributed by atoms with Crippen LogP contribution in [0, 0.1) is 11.7 Å². The molecule has 3 N–H and O–H groups in total. The number of rotatable bonds is 7. The fraction of sp³-hybridized carbons (Fsp3) is 0.226. The van der Waals surface area contributed by atoms with Gasteiger partial charge < -0.3 is 10.3 Å². The van der Waals surface area contributed by atoms with Crippen LogP contribution in [0.25, 0.3) is 55.7 Å². The molecule has 0 aliphatic heterocycles. The summed E-state index contributed by atoms with van der Waals surface area (Å²) >= 11 is 0. The average molecular weight is 518 g/mol. The van der Waals surface area contributed by atoms with Crippen molar-refractivity contribution in [1.82, 2.24) is 35.5 Å². The van der Waals surface area contributed by atoms with E-state index >= 15 is 0 Å². The van der Waals surface area contributed by atoms with E-state index in [1.54, 1.807) is 18.3 Å². The Labute approximate surface area is 224 Å². The second-order valence-electron chi connectivity index (χ2n) is 10.4. The van der Waals surface area contributed by atoms with E-state index in [-0.39, 0.29) is 5.82 Å². The second kappa shape index (κ2) is 10.0. The third-order valence-electron chi connectivity index (χ3n) is 7.70. The predicted molar refractivity (Wildman–Crippen MR) is 151 cm³/mol. The second-order valence-corrected chi connectivity index (χ2v) is 10.4. The molecule has 0 spiro atoms. The van der Waals surface area contributed by atoms with Gasteiger partial charge in [-0.2, -0.15) is 5.10 Å². The number of hydrogen-bond acceptors (Lipinski definition) is 5. The zero-order chi connectivity index (χ0) is 26.2. The lowest BCUT2D eigenvalue weighted by Gasteiger charge is -2.11. The van der Waals surface area contributed by atoms with Gasteiger partial charge in [-0.05, 0) is 79.4 Å². The SMILES string of the molecule is Fc1ccc(-c2nccc3[nH]c(-c4n[nH]c5ncc(-c6cncc(CNCC7CCCC7)c6)cc45)cc23)cc1. The van der Waals surface area contributed by atoms with Crippen molar-refractivity contribution >= 4 is 21.9 Å². The van der Waals surface area contributed by atoms with Gasteiger partial charge in [-0.1, -0.05) is 12.8 Å². The first-order valence-electron chi connectivity index (χ1n) is 13.4. The van der Waals surface area contributed by atoms with Gasteiger partial charge >= 0.3 is 0 Å². The largest absolute Gasteiger partial charge is 0.353 e. The molecule has 0 bridgehead atoms. The van der Waals surface area contributed by atoms with Crippen molar-refractivity contribution in [3.63, 3.8) is 0 Å². The van der Waals surface area contributed by atoms with Crippen molar-refractivity contribution in [3.8, 4) is 33.8 Å². The van der Waals surface area contributed by atoms with Crippen LogP contribution >= 0.6 is 0 Å². The minimum atomic E-state index is -0.270. The van der Waals surface area contributed by atoms with E-state index in [2.05, 4.69) is 47.6 Å². The van der Waals surface area contributed by atoms with Gasteiger partial charge in [0.05, 0.1) is 11.4 Å². The summed E-state index contributed by atoms with van der Waals surface area (Å²) in [7, 11) is 0. The predicted octanol–water partition coefficient (Wildman–Crippen LogP) is 6.65. The summed E-state index contributed by atoms with van der Waals surface area (Å²) in [5.41, 5.74) is 8.10. The highest BCUT2D eigenvalue weighted by molar-refractivity contribution is 5.99. The summed E-state index contributed by atoms with van der Waals surface area (Å²) in [5.74, 6) is 0.535. The molecule has 7 rings (SSSR count). The summed E-state index contributed by atoms with van der Waals surface area (Å²) in [4.78, 5) is 17.2. The van der Waals surface area contributed by atoms with Crippen molar-refractivity contribution in [2.75, 3.05) is 6.54 Å². The quantitative estimate of drug-likeness (QED) is 0.220. The van der Waals surface area contributed by atoms with E-state index in [0.717, 1.165) is 74.6 Å². The van der Waals surface area contributed by atoms with Crippen LogP contribution in [0.4, 0.5) is 4.39 Å². The molecule has 6 aromatic rings. The number of hydrogen-bond donors (Lipinski definition) is 3. The lowest BCUT2D eigenvalue weighted by molar-refractivity contribution is 0.489. The molecule has 1 aliphatic carbocycles. The molecule has 1 saturated carbocycles. The minimum Gasteiger partial charge on any atom is -0.353 e. The molecule has 0 saturated heterocycles. The van der Waals surface area contributed by atoms with Crippen LogP contribution in [0.15, 0.2) is 73.3 Å². The highest BCUT2D eigenvalue weighted by Crippen LogP contribution is 2.34. The number of benzene rings is 1. The zero-order valence-corrected chi connectivity index (χ0v) is 21.4. The van der Waals surface area contributed by atoms with Crippen LogP contribution in [-0.2, 0) is 6.54 Å². The zero-order valence-electron chi connectivity index (χ0n) is 21.4. The van der Waals surface area contributed by atoms with Crippen molar-refractivity contribution < 1.29 is 4.39 Å². The topological polar surface area (TPSA) is 95.2 Å². The molecule has 194 valence electrons. The number of nitrogens with zero attached hydrogens (tertiary/aromatic N) is 4. The first-order chi connectivity index (χ1) is 19.2. The van der Waals surface area contributed by atoms with Gasteiger partial charge in [-0.25, -0.2) is 9.37 Å². The molecule has 0 atom stereocenters. The Morgan fingerprint density at radius 1 is 0.846 bits per heavy atom. The van der Waals surface area contributed by atoms with Crippen LogP contribution < -0.4 is 5.32 Å². The highest BCUT2D eigenvalue weighted by Gasteiger charge is 2.16. The number of halogens is 1. The number of aromatic nitrogens is 6. The molecule has 0 amide bonds. The molecule has 1 fully saturated rings. The summed E-state index contributed by atoms with van der Waals surface area (Å²) in [5, 5.41) is 13.1. The Morgan fingerprint density at radius 2 is 1.69 bits per heavy atom. The lowest BCUT2D eigenvalue weighted by Crippen LogP contribution is -2.20. The minimum absolute atomic E-state index is 0.270. The van der Waals surface area contributed by atoms with Gasteiger partial charge in [-0.3, -0.25) is 15.1 Å². The standard InChI is InChI=1S/C31H28FN7/c32-24-7-5-21(6-8-24)29-25-13-28(37-27(25)9-10-35-29)30-26-12-23(18-36-31(26)39-38-30)22-11-20(16-34-17-22)15-33-14-19-3-1-2-4-19/h5-13,16-19,33,37H,1-4,14-15H2,(H,36,38,39). The van der Waals surface area contributed by atoms with Crippen LogP contribution in [0.1, 0.15) is 31.2 Å². The van der Waals surface area contributed by atoms with Crippen molar-refractivity contribution in [2.24, 2.45) is 5.92 Å². The summed E-state index contributed by atoms with van der Waals surface area (Å²) in [6.07, 6.45) is 12.8. The molecule has 0 unspecified atom stereocenters. The Kier molecular flexibility index (Phi) is 6.09. The van der Waals surface area contributed by atoms with Crippen LogP contribution in [0.3, 0.4) is 0 Å². The molecule has 8 heteroatoms. The molecule has 1 aliphatic rings. The number of pyridine rings is 3. The monoisotopic (exact) mass is 517 g/mol. The normalized spacial score (nSPS) is 14.1. The molecule has 7 nitrogen and oxygen atoms in total. The van der Waals surface area contributed by atoms with Gasteiger partial charge in [0, 0.05) is 64.3 Å². The molecule has 39 heavy (non-hydrogen) atoms. The maximum atomic E-state index is 13.5. The molecular weight excluding hydrogens is 489 g/mol. The Balaban J connectivity index is 1.20. The average Bonchev–Trinajstić information content (AvgIpc) is 3.73. The smallest absolute Gasteiger partial charge is 0.155 e. The number of fused-ring (bicyclic) bond motifs is 2. The first-order valence-corrected chi connectivity index (χ1v) is 13.4. The third-order valence-corrected chi connectivity index (χ3v) is 7.70. The molecule has 5 heterocycles.